The fourth-order valence-electron chi connectivity index (χ4n) is 3.74. The Hall–Kier alpha value is -3.92. The maximum atomic E-state index is 13.3. The minimum absolute atomic E-state index is 0.0560. The minimum Gasteiger partial charge on any atom is -0.497 e. The molecule has 1 aliphatic heterocycles. The second-order valence-corrected chi connectivity index (χ2v) is 7.83. The van der Waals surface area contributed by atoms with Crippen molar-refractivity contribution in [3.63, 3.8) is 0 Å². The molecule has 4 rings (SSSR count). The van der Waals surface area contributed by atoms with Crippen LogP contribution in [0.5, 0.6) is 11.5 Å². The summed E-state index contributed by atoms with van der Waals surface area (Å²) in [5.41, 5.74) is -0.775. The van der Waals surface area contributed by atoms with E-state index >= 15 is 0 Å². The average Bonchev–Trinajstić information content (AvgIpc) is 3.39. The zero-order chi connectivity index (χ0) is 24.1. The van der Waals surface area contributed by atoms with Crippen molar-refractivity contribution >= 4 is 5.91 Å². The summed E-state index contributed by atoms with van der Waals surface area (Å²) in [6, 6.07) is 13.6. The highest BCUT2D eigenvalue weighted by Gasteiger charge is 2.23. The Bertz CT molecular complexity index is 1280. The number of methoxy groups -OCH3 is 2. The Morgan fingerprint density at radius 2 is 1.88 bits per heavy atom. The highest BCUT2D eigenvalue weighted by molar-refractivity contribution is 5.91. The lowest BCUT2D eigenvalue weighted by Crippen LogP contribution is -2.46. The summed E-state index contributed by atoms with van der Waals surface area (Å²) >= 11 is 0. The summed E-state index contributed by atoms with van der Waals surface area (Å²) in [5, 5.41) is 6.84. The number of amides is 1. The molecule has 1 atom stereocenters. The second kappa shape index (κ2) is 10.3. The molecule has 1 amide bonds. The van der Waals surface area contributed by atoms with Crippen molar-refractivity contribution in [2.24, 2.45) is 0 Å². The van der Waals surface area contributed by atoms with Crippen molar-refractivity contribution < 1.29 is 19.0 Å². The Balaban J connectivity index is 1.76. The predicted molar refractivity (Wildman–Crippen MR) is 124 cm³/mol. The van der Waals surface area contributed by atoms with Crippen LogP contribution in [0.4, 0.5) is 0 Å². The van der Waals surface area contributed by atoms with E-state index in [1.54, 1.807) is 48.5 Å². The molecular weight excluding hydrogens is 440 g/mol. The van der Waals surface area contributed by atoms with E-state index in [-0.39, 0.29) is 24.9 Å². The summed E-state index contributed by atoms with van der Waals surface area (Å²) in [7, 11) is 3.06. The van der Waals surface area contributed by atoms with Crippen molar-refractivity contribution in [1.29, 1.82) is 0 Å². The number of nitrogens with one attached hydrogen (secondary N) is 1. The van der Waals surface area contributed by atoms with Gasteiger partial charge in [-0.2, -0.15) is 9.78 Å². The summed E-state index contributed by atoms with van der Waals surface area (Å²) < 4.78 is 18.0. The van der Waals surface area contributed by atoms with Gasteiger partial charge in [0, 0.05) is 13.2 Å². The van der Waals surface area contributed by atoms with Gasteiger partial charge < -0.3 is 19.5 Å². The van der Waals surface area contributed by atoms with Crippen LogP contribution in [0.15, 0.2) is 58.1 Å². The van der Waals surface area contributed by atoms with Crippen molar-refractivity contribution in [1.82, 2.24) is 19.7 Å². The largest absolute Gasteiger partial charge is 0.497 e. The first-order valence-electron chi connectivity index (χ1n) is 10.9. The Kier molecular flexibility index (Phi) is 7.07. The van der Waals surface area contributed by atoms with E-state index < -0.39 is 17.2 Å². The second-order valence-electron chi connectivity index (χ2n) is 7.83. The van der Waals surface area contributed by atoms with E-state index in [0.29, 0.717) is 29.4 Å². The van der Waals surface area contributed by atoms with Crippen LogP contribution < -0.4 is 26.0 Å². The molecule has 0 aliphatic carbocycles. The average molecular weight is 466 g/mol. The van der Waals surface area contributed by atoms with Crippen LogP contribution in [-0.4, -0.2) is 53.7 Å². The van der Waals surface area contributed by atoms with Gasteiger partial charge in [0.05, 0.1) is 32.6 Å². The van der Waals surface area contributed by atoms with Crippen molar-refractivity contribution in [2.75, 3.05) is 27.4 Å². The SMILES string of the molecule is COc1ccc(-n2nc(C(=O)NCC3CCCO3)c(=O)n(Cc3cccc(OC)c3)c2=O)cc1. The molecule has 1 aromatic heterocycles. The summed E-state index contributed by atoms with van der Waals surface area (Å²) in [6.45, 7) is 0.853. The van der Waals surface area contributed by atoms with Crippen molar-refractivity contribution in [2.45, 2.75) is 25.5 Å². The molecule has 1 fully saturated rings. The zero-order valence-electron chi connectivity index (χ0n) is 19.0. The quantitative estimate of drug-likeness (QED) is 0.533. The molecule has 0 spiro atoms. The molecule has 178 valence electrons. The third-order valence-corrected chi connectivity index (χ3v) is 5.58. The highest BCUT2D eigenvalue weighted by atomic mass is 16.5. The van der Waals surface area contributed by atoms with Gasteiger partial charge in [-0.05, 0) is 54.8 Å². The van der Waals surface area contributed by atoms with E-state index in [1.165, 1.54) is 14.2 Å². The van der Waals surface area contributed by atoms with E-state index in [4.69, 9.17) is 14.2 Å². The first kappa shape index (κ1) is 23.2. The number of nitrogens with zero attached hydrogens (tertiary/aromatic N) is 3. The lowest BCUT2D eigenvalue weighted by atomic mass is 10.2. The number of ether oxygens (including phenoxy) is 3. The van der Waals surface area contributed by atoms with Gasteiger partial charge in [0.2, 0.25) is 5.69 Å². The van der Waals surface area contributed by atoms with Crippen LogP contribution in [0.3, 0.4) is 0 Å². The molecule has 10 nitrogen and oxygen atoms in total. The number of carbonyl (C=O) groups excluding carboxylic acids is 1. The van der Waals surface area contributed by atoms with Crippen LogP contribution in [-0.2, 0) is 11.3 Å². The molecule has 10 heteroatoms. The van der Waals surface area contributed by atoms with E-state index in [0.717, 1.165) is 22.1 Å². The first-order valence-corrected chi connectivity index (χ1v) is 10.9. The highest BCUT2D eigenvalue weighted by Crippen LogP contribution is 2.15. The smallest absolute Gasteiger partial charge is 0.352 e. The third-order valence-electron chi connectivity index (χ3n) is 5.58. The van der Waals surface area contributed by atoms with Gasteiger partial charge in [-0.3, -0.25) is 14.2 Å². The minimum atomic E-state index is -0.776. The lowest BCUT2D eigenvalue weighted by Gasteiger charge is -2.14. The first-order chi connectivity index (χ1) is 16.5. The van der Waals surface area contributed by atoms with Crippen LogP contribution in [0.1, 0.15) is 28.9 Å². The van der Waals surface area contributed by atoms with Gasteiger partial charge in [-0.25, -0.2) is 4.79 Å². The molecule has 1 N–H and O–H groups in total. The van der Waals surface area contributed by atoms with E-state index in [2.05, 4.69) is 10.4 Å². The van der Waals surface area contributed by atoms with Gasteiger partial charge in [0.25, 0.3) is 11.5 Å². The molecular formula is C24H26N4O6. The van der Waals surface area contributed by atoms with Gasteiger partial charge in [0.15, 0.2) is 0 Å². The molecule has 0 saturated carbocycles. The molecule has 1 saturated heterocycles. The van der Waals surface area contributed by atoms with Gasteiger partial charge >= 0.3 is 5.69 Å². The van der Waals surface area contributed by atoms with Crippen LogP contribution >= 0.6 is 0 Å². The van der Waals surface area contributed by atoms with Crippen molar-refractivity contribution in [3.05, 3.63) is 80.6 Å². The van der Waals surface area contributed by atoms with Gasteiger partial charge in [-0.15, -0.1) is 0 Å². The lowest BCUT2D eigenvalue weighted by molar-refractivity contribution is 0.0849. The summed E-state index contributed by atoms with van der Waals surface area (Å²) in [6.07, 6.45) is 1.66. The molecule has 1 unspecified atom stereocenters. The molecule has 34 heavy (non-hydrogen) atoms. The van der Waals surface area contributed by atoms with Crippen molar-refractivity contribution in [3.8, 4) is 17.2 Å². The van der Waals surface area contributed by atoms with Gasteiger partial charge in [0.1, 0.15) is 11.5 Å². The molecule has 3 aromatic rings. The normalized spacial score (nSPS) is 15.2. The molecule has 0 radical (unpaired) electrons. The number of rotatable bonds is 8. The molecule has 1 aliphatic rings. The third kappa shape index (κ3) is 5.01. The maximum absolute atomic E-state index is 13.3. The van der Waals surface area contributed by atoms with Crippen LogP contribution in [0.2, 0.25) is 0 Å². The van der Waals surface area contributed by atoms with E-state index in [1.807, 2.05) is 0 Å². The number of aromatic nitrogens is 3. The van der Waals surface area contributed by atoms with Gasteiger partial charge in [-0.1, -0.05) is 12.1 Å². The van der Waals surface area contributed by atoms with Crippen LogP contribution in [0.25, 0.3) is 5.69 Å². The number of carbonyl (C=O) groups is 1. The van der Waals surface area contributed by atoms with Crippen LogP contribution in [0, 0.1) is 0 Å². The molecule has 2 heterocycles. The number of benzene rings is 2. The standard InChI is InChI=1S/C24H26N4O6/c1-32-18-10-8-17(9-11-18)28-24(31)27(15-16-5-3-6-19(13-16)33-2)23(30)21(26-28)22(29)25-14-20-7-4-12-34-20/h3,5-6,8-11,13,20H,4,7,12,14-15H2,1-2H3,(H,25,29). The fraction of sp³-hybridized carbons (Fsp3) is 0.333. The maximum Gasteiger partial charge on any atom is 0.352 e. The summed E-state index contributed by atoms with van der Waals surface area (Å²) in [4.78, 5) is 39.4. The zero-order valence-corrected chi connectivity index (χ0v) is 19.0. The molecule has 0 bridgehead atoms. The predicted octanol–water partition coefficient (Wildman–Crippen LogP) is 1.37. The number of hydrogen-bond donors (Lipinski definition) is 1. The Morgan fingerprint density at radius 1 is 1.12 bits per heavy atom. The Labute approximate surface area is 195 Å². The summed E-state index contributed by atoms with van der Waals surface area (Å²) in [5.74, 6) is 0.516. The van der Waals surface area contributed by atoms with E-state index in [9.17, 15) is 14.4 Å². The Morgan fingerprint density at radius 3 is 2.56 bits per heavy atom. The topological polar surface area (TPSA) is 114 Å². The number of hydrogen-bond acceptors (Lipinski definition) is 7. The fourth-order valence-corrected chi connectivity index (χ4v) is 3.74. The molecule has 2 aromatic carbocycles. The monoisotopic (exact) mass is 466 g/mol.